The molecule has 0 N–H and O–H groups in total. The monoisotopic (exact) mass is 638 g/mol. The lowest BCUT2D eigenvalue weighted by Gasteiger charge is -2.35. The van der Waals surface area contributed by atoms with Gasteiger partial charge in [0.05, 0.1) is 25.6 Å². The van der Waals surface area contributed by atoms with Crippen LogP contribution in [0.15, 0.2) is 29.2 Å². The highest BCUT2D eigenvalue weighted by Crippen LogP contribution is 2.62. The minimum absolute atomic E-state index is 0.0418. The Bertz CT molecular complexity index is 1570. The summed E-state index contributed by atoms with van der Waals surface area (Å²) < 4.78 is 88.0. The molecular weight excluding hydrogens is 603 g/mol. The fourth-order valence-electron chi connectivity index (χ4n) is 6.49. The summed E-state index contributed by atoms with van der Waals surface area (Å²) in [5.41, 5.74) is -5.21. The molecule has 0 atom stereocenters. The molecule has 2 saturated carbocycles. The number of hydrogen-bond donors (Lipinski definition) is 0. The predicted molar refractivity (Wildman–Crippen MR) is 149 cm³/mol. The molecule has 4 heterocycles. The number of amides is 1. The van der Waals surface area contributed by atoms with Crippen LogP contribution in [0.25, 0.3) is 11.1 Å². The maximum Gasteiger partial charge on any atom is 0.427 e. The van der Waals surface area contributed by atoms with E-state index in [4.69, 9.17) is 14.0 Å². The van der Waals surface area contributed by atoms with Crippen LogP contribution >= 0.6 is 0 Å². The van der Waals surface area contributed by atoms with Gasteiger partial charge in [0.2, 0.25) is 5.60 Å². The minimum atomic E-state index is -4.84. The molecule has 0 aromatic carbocycles. The lowest BCUT2D eigenvalue weighted by atomic mass is 9.81. The van der Waals surface area contributed by atoms with E-state index in [9.17, 15) is 22.4 Å². The minimum Gasteiger partial charge on any atom is -0.433 e. The third kappa shape index (κ3) is 5.90. The number of pyridine rings is 1. The smallest absolute Gasteiger partial charge is 0.427 e. The van der Waals surface area contributed by atoms with Crippen LogP contribution in [0.4, 0.5) is 32.6 Å². The van der Waals surface area contributed by atoms with Crippen molar-refractivity contribution >= 4 is 11.9 Å². The lowest BCUT2D eigenvalue weighted by molar-refractivity contribution is -0.243. The standard InChI is InChI=1S/C30H35F5N6O4/c1-26(2,32)24-38-23(39-45-24)29-7-5-28(16-29,6-8-29)17-41(25(42)44-27(3,4)30(33,34)35)22-9-20(21(31)11-36-22)19-10-37-40(13-19)12-18-14-43-15-18/h9-11,13,18H,5-8,12,14-17H2,1-4H3. The molecule has 6 rings (SSSR count). The second-order valence-electron chi connectivity index (χ2n) is 13.7. The van der Waals surface area contributed by atoms with E-state index in [1.807, 2.05) is 0 Å². The summed E-state index contributed by atoms with van der Waals surface area (Å²) in [7, 11) is 0. The molecule has 0 spiro atoms. The molecule has 1 amide bonds. The normalized spacial score (nSPS) is 23.8. The van der Waals surface area contributed by atoms with Crippen LogP contribution in [-0.2, 0) is 27.1 Å². The van der Waals surface area contributed by atoms with Crippen LogP contribution < -0.4 is 4.90 Å². The van der Waals surface area contributed by atoms with E-state index in [1.165, 1.54) is 26.1 Å². The van der Waals surface area contributed by atoms with Gasteiger partial charge in [-0.05, 0) is 71.3 Å². The van der Waals surface area contributed by atoms with Gasteiger partial charge in [-0.15, -0.1) is 0 Å². The first-order valence-electron chi connectivity index (χ1n) is 14.9. The molecule has 2 bridgehead atoms. The van der Waals surface area contributed by atoms with Crippen molar-refractivity contribution in [1.29, 1.82) is 0 Å². The summed E-state index contributed by atoms with van der Waals surface area (Å²) in [5.74, 6) is -0.207. The Morgan fingerprint density at radius 1 is 1.11 bits per heavy atom. The number of nitrogens with zero attached hydrogens (tertiary/aromatic N) is 6. The van der Waals surface area contributed by atoms with Gasteiger partial charge in [0.15, 0.2) is 11.5 Å². The Balaban J connectivity index is 1.31. The van der Waals surface area contributed by atoms with Crippen molar-refractivity contribution < 1.29 is 40.7 Å². The van der Waals surface area contributed by atoms with Crippen molar-refractivity contribution in [1.82, 2.24) is 24.9 Å². The van der Waals surface area contributed by atoms with E-state index in [2.05, 4.69) is 20.2 Å². The van der Waals surface area contributed by atoms with Crippen molar-refractivity contribution in [3.8, 4) is 11.1 Å². The molecule has 2 aliphatic carbocycles. The topological polar surface area (TPSA) is 108 Å². The quantitative estimate of drug-likeness (QED) is 0.244. The number of ether oxygens (including phenoxy) is 2. The molecule has 0 radical (unpaired) electrons. The maximum absolute atomic E-state index is 15.1. The van der Waals surface area contributed by atoms with E-state index >= 15 is 4.39 Å². The second kappa shape index (κ2) is 10.7. The summed E-state index contributed by atoms with van der Waals surface area (Å²) in [6, 6.07) is 1.33. The van der Waals surface area contributed by atoms with Crippen LogP contribution in [0.2, 0.25) is 0 Å². The Hall–Kier alpha value is -3.62. The summed E-state index contributed by atoms with van der Waals surface area (Å²) in [5, 5.41) is 8.38. The zero-order valence-corrected chi connectivity index (χ0v) is 25.5. The Kier molecular flexibility index (Phi) is 7.48. The molecule has 244 valence electrons. The van der Waals surface area contributed by atoms with Gasteiger partial charge in [0.25, 0.3) is 5.89 Å². The highest BCUT2D eigenvalue weighted by molar-refractivity contribution is 5.88. The zero-order valence-electron chi connectivity index (χ0n) is 25.5. The first-order valence-corrected chi connectivity index (χ1v) is 14.9. The molecule has 3 aliphatic rings. The van der Waals surface area contributed by atoms with Gasteiger partial charge >= 0.3 is 12.3 Å². The van der Waals surface area contributed by atoms with E-state index in [0.717, 1.165) is 24.9 Å². The van der Waals surface area contributed by atoms with Gasteiger partial charge in [-0.3, -0.25) is 9.58 Å². The average molecular weight is 639 g/mol. The number of carbonyl (C=O) groups excluding carboxylic acids is 1. The van der Waals surface area contributed by atoms with Crippen molar-refractivity contribution in [2.45, 2.75) is 89.2 Å². The zero-order chi connectivity index (χ0) is 32.4. The molecule has 10 nitrogen and oxygen atoms in total. The number of hydrogen-bond acceptors (Lipinski definition) is 8. The number of anilines is 1. The molecule has 0 unspecified atom stereocenters. The van der Waals surface area contributed by atoms with Gasteiger partial charge < -0.3 is 14.0 Å². The first-order chi connectivity index (χ1) is 21.0. The van der Waals surface area contributed by atoms with E-state index < -0.39 is 40.2 Å². The largest absolute Gasteiger partial charge is 0.433 e. The predicted octanol–water partition coefficient (Wildman–Crippen LogP) is 6.50. The fourth-order valence-corrected chi connectivity index (χ4v) is 6.49. The number of fused-ring (bicyclic) bond motifs is 2. The Morgan fingerprint density at radius 2 is 1.82 bits per heavy atom. The number of carbonyl (C=O) groups is 1. The van der Waals surface area contributed by atoms with E-state index in [1.54, 1.807) is 10.9 Å². The van der Waals surface area contributed by atoms with Crippen LogP contribution in [0, 0.1) is 17.2 Å². The van der Waals surface area contributed by atoms with Crippen molar-refractivity contribution in [2.75, 3.05) is 24.7 Å². The number of aromatic nitrogens is 5. The highest BCUT2D eigenvalue weighted by Gasteiger charge is 2.59. The fraction of sp³-hybridized carbons (Fsp3) is 0.633. The number of halogens is 5. The molecule has 3 aromatic heterocycles. The molecule has 15 heteroatoms. The van der Waals surface area contributed by atoms with Gasteiger partial charge in [-0.1, -0.05) is 5.16 Å². The van der Waals surface area contributed by atoms with E-state index in [-0.39, 0.29) is 23.8 Å². The Morgan fingerprint density at radius 3 is 2.42 bits per heavy atom. The number of alkyl halides is 4. The summed E-state index contributed by atoms with van der Waals surface area (Å²) >= 11 is 0. The van der Waals surface area contributed by atoms with Crippen LogP contribution in [0.5, 0.6) is 0 Å². The highest BCUT2D eigenvalue weighted by atomic mass is 19.4. The van der Waals surface area contributed by atoms with E-state index in [0.29, 0.717) is 69.2 Å². The second-order valence-corrected chi connectivity index (χ2v) is 13.7. The van der Waals surface area contributed by atoms with Gasteiger partial charge in [-0.2, -0.15) is 23.3 Å². The SMILES string of the molecule is CC(C)(F)c1nc(C23CCC(CN(C(=O)OC(C)(C)C(F)(F)F)c4cc(-c5cnn(CC6COC6)c5)c(F)cn4)(CC2)C3)no1. The van der Waals surface area contributed by atoms with Crippen molar-refractivity contribution in [3.63, 3.8) is 0 Å². The van der Waals surface area contributed by atoms with Gasteiger partial charge in [-0.25, -0.2) is 18.6 Å². The first kappa shape index (κ1) is 31.4. The third-order valence-electron chi connectivity index (χ3n) is 9.34. The van der Waals surface area contributed by atoms with Gasteiger partial charge in [0, 0.05) is 41.7 Å². The van der Waals surface area contributed by atoms with Gasteiger partial charge in [0.1, 0.15) is 11.6 Å². The third-order valence-corrected chi connectivity index (χ3v) is 9.34. The van der Waals surface area contributed by atoms with Crippen LogP contribution in [0.3, 0.4) is 0 Å². The molecule has 3 aromatic rings. The van der Waals surface area contributed by atoms with Crippen LogP contribution in [-0.4, -0.2) is 62.5 Å². The van der Waals surface area contributed by atoms with Crippen LogP contribution in [0.1, 0.15) is 71.5 Å². The average Bonchev–Trinajstić information content (AvgIpc) is 3.72. The molecular formula is C30H35F5N6O4. The van der Waals surface area contributed by atoms with Crippen molar-refractivity contribution in [2.24, 2.45) is 11.3 Å². The molecule has 1 aliphatic heterocycles. The Labute approximate surface area is 256 Å². The summed E-state index contributed by atoms with van der Waals surface area (Å²) in [4.78, 5) is 23.1. The number of rotatable bonds is 9. The molecule has 45 heavy (non-hydrogen) atoms. The van der Waals surface area contributed by atoms with Crippen molar-refractivity contribution in [3.05, 3.63) is 42.2 Å². The molecule has 1 saturated heterocycles. The maximum atomic E-state index is 15.1. The lowest BCUT2D eigenvalue weighted by Crippen LogP contribution is -2.49. The summed E-state index contributed by atoms with van der Waals surface area (Å²) in [6.07, 6.45) is 0.872. The molecule has 3 fully saturated rings. The summed E-state index contributed by atoms with van der Waals surface area (Å²) in [6.45, 7) is 5.93.